The molecule has 0 radical (unpaired) electrons. The predicted molar refractivity (Wildman–Crippen MR) is 75.9 cm³/mol. The molecule has 0 saturated heterocycles. The molecule has 0 bridgehead atoms. The van der Waals surface area contributed by atoms with Gasteiger partial charge in [-0.25, -0.2) is 4.98 Å². The Labute approximate surface area is 118 Å². The minimum atomic E-state index is 0.251. The summed E-state index contributed by atoms with van der Waals surface area (Å²) in [7, 11) is 1.71. The minimum Gasteiger partial charge on any atom is -0.496 e. The molecular weight excluding hydrogens is 254 g/mol. The minimum absolute atomic E-state index is 0.251. The van der Waals surface area contributed by atoms with E-state index >= 15 is 0 Å². The number of hydrogen-bond acceptors (Lipinski definition) is 4. The lowest BCUT2D eigenvalue weighted by Gasteiger charge is -2.11. The number of fused-ring (bicyclic) bond motifs is 1. The van der Waals surface area contributed by atoms with E-state index in [2.05, 4.69) is 34.3 Å². The zero-order valence-electron chi connectivity index (χ0n) is 11.8. The van der Waals surface area contributed by atoms with Crippen molar-refractivity contribution in [2.75, 3.05) is 7.11 Å². The van der Waals surface area contributed by atoms with Gasteiger partial charge in [0.2, 0.25) is 0 Å². The maximum absolute atomic E-state index is 5.80. The lowest BCUT2D eigenvalue weighted by molar-refractivity contribution is 0.254. The third kappa shape index (κ3) is 2.63. The molecule has 1 atom stereocenters. The number of nitrogens with one attached hydrogen (secondary N) is 2. The molecule has 0 amide bonds. The Morgan fingerprint density at radius 3 is 3.10 bits per heavy atom. The van der Waals surface area contributed by atoms with Crippen LogP contribution in [0.1, 0.15) is 23.9 Å². The highest BCUT2D eigenvalue weighted by Gasteiger charge is 2.21. The summed E-state index contributed by atoms with van der Waals surface area (Å²) in [5.41, 5.74) is 2.33. The maximum atomic E-state index is 5.80. The summed E-state index contributed by atoms with van der Waals surface area (Å²) >= 11 is 0. The molecule has 20 heavy (non-hydrogen) atoms. The van der Waals surface area contributed by atoms with E-state index in [9.17, 15) is 0 Å². The second-order valence-electron chi connectivity index (χ2n) is 5.04. The lowest BCUT2D eigenvalue weighted by atomic mass is 10.1. The number of nitrogens with zero attached hydrogens (tertiary/aromatic N) is 1. The van der Waals surface area contributed by atoms with Crippen LogP contribution in [0.4, 0.5) is 0 Å². The molecule has 2 heterocycles. The third-order valence-electron chi connectivity index (χ3n) is 3.46. The zero-order valence-corrected chi connectivity index (χ0v) is 11.8. The van der Waals surface area contributed by atoms with Crippen molar-refractivity contribution >= 4 is 0 Å². The van der Waals surface area contributed by atoms with E-state index in [1.165, 1.54) is 5.56 Å². The van der Waals surface area contributed by atoms with Crippen molar-refractivity contribution in [3.05, 3.63) is 41.5 Å². The number of aromatic nitrogens is 2. The van der Waals surface area contributed by atoms with Gasteiger partial charge in [0.25, 0.3) is 0 Å². The van der Waals surface area contributed by atoms with Gasteiger partial charge < -0.3 is 19.8 Å². The largest absolute Gasteiger partial charge is 0.496 e. The number of rotatable bonds is 5. The highest BCUT2D eigenvalue weighted by atomic mass is 16.5. The molecule has 0 saturated carbocycles. The summed E-state index contributed by atoms with van der Waals surface area (Å²) in [6, 6.07) is 4.16. The molecule has 1 aromatic heterocycles. The van der Waals surface area contributed by atoms with Crippen LogP contribution in [0.5, 0.6) is 11.5 Å². The predicted octanol–water partition coefficient (Wildman–Crippen LogP) is 2.03. The first kappa shape index (κ1) is 13.0. The Balaban J connectivity index is 1.70. The molecule has 106 valence electrons. The number of aromatic amines is 1. The van der Waals surface area contributed by atoms with Crippen molar-refractivity contribution in [1.82, 2.24) is 15.3 Å². The monoisotopic (exact) mass is 273 g/mol. The van der Waals surface area contributed by atoms with Gasteiger partial charge in [0.05, 0.1) is 13.7 Å². The first-order valence-electron chi connectivity index (χ1n) is 6.81. The van der Waals surface area contributed by atoms with Gasteiger partial charge in [-0.3, -0.25) is 0 Å². The molecule has 1 aliphatic rings. The molecule has 5 nitrogen and oxygen atoms in total. The second kappa shape index (κ2) is 5.54. The zero-order chi connectivity index (χ0) is 13.9. The molecule has 0 spiro atoms. The Bertz CT molecular complexity index is 581. The van der Waals surface area contributed by atoms with Crippen molar-refractivity contribution in [3.8, 4) is 11.5 Å². The number of H-pyrrole nitrogens is 1. The van der Waals surface area contributed by atoms with E-state index in [-0.39, 0.29) is 6.10 Å². The molecule has 3 rings (SSSR count). The molecule has 1 aliphatic heterocycles. The first-order valence-corrected chi connectivity index (χ1v) is 6.81. The summed E-state index contributed by atoms with van der Waals surface area (Å²) in [5.74, 6) is 2.82. The number of ether oxygens (including phenoxy) is 2. The van der Waals surface area contributed by atoms with Crippen LogP contribution in [0.15, 0.2) is 24.5 Å². The summed E-state index contributed by atoms with van der Waals surface area (Å²) in [6.45, 7) is 3.50. The topological polar surface area (TPSA) is 59.2 Å². The van der Waals surface area contributed by atoms with Gasteiger partial charge in [0.15, 0.2) is 0 Å². The number of hydrogen-bond donors (Lipinski definition) is 2. The molecular formula is C15H19N3O2. The van der Waals surface area contributed by atoms with Crippen molar-refractivity contribution in [2.24, 2.45) is 0 Å². The van der Waals surface area contributed by atoms with Crippen LogP contribution < -0.4 is 14.8 Å². The van der Waals surface area contributed by atoms with Gasteiger partial charge in [-0.1, -0.05) is 0 Å². The van der Waals surface area contributed by atoms with Crippen LogP contribution in [0.3, 0.4) is 0 Å². The van der Waals surface area contributed by atoms with Crippen LogP contribution in [-0.4, -0.2) is 23.2 Å². The van der Waals surface area contributed by atoms with Crippen LogP contribution in [0.2, 0.25) is 0 Å². The molecule has 2 N–H and O–H groups in total. The summed E-state index contributed by atoms with van der Waals surface area (Å²) in [6.07, 6.45) is 4.78. The van der Waals surface area contributed by atoms with Crippen LogP contribution >= 0.6 is 0 Å². The average molecular weight is 273 g/mol. The van der Waals surface area contributed by atoms with Crippen molar-refractivity contribution in [1.29, 1.82) is 0 Å². The normalized spacial score (nSPS) is 16.8. The van der Waals surface area contributed by atoms with Crippen molar-refractivity contribution in [3.63, 3.8) is 0 Å². The molecule has 1 aromatic carbocycles. The summed E-state index contributed by atoms with van der Waals surface area (Å²) in [4.78, 5) is 7.25. The van der Waals surface area contributed by atoms with Crippen LogP contribution in [-0.2, 0) is 19.5 Å². The van der Waals surface area contributed by atoms with Crippen molar-refractivity contribution in [2.45, 2.75) is 32.5 Å². The van der Waals surface area contributed by atoms with Crippen molar-refractivity contribution < 1.29 is 9.47 Å². The van der Waals surface area contributed by atoms with Gasteiger partial charge in [0.1, 0.15) is 23.4 Å². The Morgan fingerprint density at radius 1 is 1.45 bits per heavy atom. The van der Waals surface area contributed by atoms with E-state index in [4.69, 9.17) is 9.47 Å². The van der Waals surface area contributed by atoms with Gasteiger partial charge in [-0.15, -0.1) is 0 Å². The first-order chi connectivity index (χ1) is 9.76. The highest BCUT2D eigenvalue weighted by molar-refractivity contribution is 5.48. The average Bonchev–Trinajstić information content (AvgIpc) is 3.05. The van der Waals surface area contributed by atoms with E-state index < -0.39 is 0 Å². The Morgan fingerprint density at radius 2 is 2.35 bits per heavy atom. The smallest absolute Gasteiger partial charge is 0.123 e. The fraction of sp³-hybridized carbons (Fsp3) is 0.400. The SMILES string of the molecule is COc1cc2c(cc1CNCc1ncc[nH]1)OC(C)C2. The fourth-order valence-corrected chi connectivity index (χ4v) is 2.52. The van der Waals surface area contributed by atoms with Gasteiger partial charge in [-0.2, -0.15) is 0 Å². The third-order valence-corrected chi connectivity index (χ3v) is 3.46. The summed E-state index contributed by atoms with van der Waals surface area (Å²) in [5, 5.41) is 3.35. The van der Waals surface area contributed by atoms with E-state index in [0.29, 0.717) is 6.54 Å². The fourth-order valence-electron chi connectivity index (χ4n) is 2.52. The van der Waals surface area contributed by atoms with E-state index in [1.54, 1.807) is 13.3 Å². The second-order valence-corrected chi connectivity index (χ2v) is 5.04. The number of imidazole rings is 1. The number of benzene rings is 1. The molecule has 0 aliphatic carbocycles. The molecule has 1 unspecified atom stereocenters. The van der Waals surface area contributed by atoms with Gasteiger partial charge in [-0.05, 0) is 19.1 Å². The number of methoxy groups -OCH3 is 1. The van der Waals surface area contributed by atoms with Crippen LogP contribution in [0.25, 0.3) is 0 Å². The Kier molecular flexibility index (Phi) is 3.60. The maximum Gasteiger partial charge on any atom is 0.123 e. The van der Waals surface area contributed by atoms with Crippen LogP contribution in [0, 0.1) is 0 Å². The lowest BCUT2D eigenvalue weighted by Crippen LogP contribution is -2.14. The molecule has 5 heteroatoms. The quantitative estimate of drug-likeness (QED) is 0.875. The van der Waals surface area contributed by atoms with E-state index in [0.717, 1.165) is 35.9 Å². The molecule has 2 aromatic rings. The van der Waals surface area contributed by atoms with E-state index in [1.807, 2.05) is 6.20 Å². The van der Waals surface area contributed by atoms with Gasteiger partial charge >= 0.3 is 0 Å². The highest BCUT2D eigenvalue weighted by Crippen LogP contribution is 2.34. The molecule has 0 fully saturated rings. The Hall–Kier alpha value is -2.01. The summed E-state index contributed by atoms with van der Waals surface area (Å²) < 4.78 is 11.3. The standard InChI is InChI=1S/C15H19N3O2/c1-10-5-11-6-13(19-2)12(7-14(11)20-10)8-16-9-15-17-3-4-18-15/h3-4,6-7,10,16H,5,8-9H2,1-2H3,(H,17,18). The van der Waals surface area contributed by atoms with Gasteiger partial charge in [0, 0.05) is 36.5 Å².